The van der Waals surface area contributed by atoms with Gasteiger partial charge in [0.15, 0.2) is 11.5 Å². The first-order valence-electron chi connectivity index (χ1n) is 11.7. The summed E-state index contributed by atoms with van der Waals surface area (Å²) < 4.78 is 40.2. The summed E-state index contributed by atoms with van der Waals surface area (Å²) in [7, 11) is 2.91. The van der Waals surface area contributed by atoms with E-state index in [1.165, 1.54) is 49.2 Å². The predicted molar refractivity (Wildman–Crippen MR) is 140 cm³/mol. The van der Waals surface area contributed by atoms with Crippen molar-refractivity contribution in [2.24, 2.45) is 7.05 Å². The number of nitriles is 1. The highest BCUT2D eigenvalue weighted by Crippen LogP contribution is 2.36. The van der Waals surface area contributed by atoms with Crippen LogP contribution in [0.15, 0.2) is 82.5 Å². The molecule has 5 aromatic rings. The lowest BCUT2D eigenvalue weighted by atomic mass is 9.98. The number of aromatic nitrogens is 3. The van der Waals surface area contributed by atoms with Crippen molar-refractivity contribution in [3.63, 3.8) is 0 Å². The highest BCUT2D eigenvalue weighted by atomic mass is 19.1. The third kappa shape index (κ3) is 4.62. The molecule has 0 amide bonds. The number of aryl methyl sites for hydroxylation is 1. The molecule has 0 atom stereocenters. The van der Waals surface area contributed by atoms with Gasteiger partial charge in [-0.25, -0.2) is 23.1 Å². The van der Waals surface area contributed by atoms with Crippen LogP contribution < -0.4 is 20.7 Å². The van der Waals surface area contributed by atoms with Crippen molar-refractivity contribution in [2.75, 3.05) is 7.11 Å². The van der Waals surface area contributed by atoms with Gasteiger partial charge >= 0.3 is 5.69 Å². The molecule has 0 N–H and O–H groups in total. The second-order valence-corrected chi connectivity index (χ2v) is 8.60. The number of methoxy groups -OCH3 is 1. The quantitative estimate of drug-likeness (QED) is 0.323. The largest absolute Gasteiger partial charge is 0.493 e. The summed E-state index contributed by atoms with van der Waals surface area (Å²) in [5.74, 6) is -0.160. The molecular formula is C29H20F2N4O4. The molecule has 0 saturated heterocycles. The molecule has 3 aromatic carbocycles. The standard InChI is InChI=1S/C29H20F2N4O4/c1-34-27-26(28(36)35(29(34)37)22-10-8-21(31)9-11-22)25(19(14-32)15-33-27)18-5-12-23(24(13-18)38-2)39-16-17-3-6-20(30)7-4-17/h3-13,15H,16H2,1-2H3. The first kappa shape index (κ1) is 25.4. The van der Waals surface area contributed by atoms with Gasteiger partial charge in [-0.05, 0) is 59.7 Å². The molecule has 0 unspecified atom stereocenters. The number of hydrogen-bond acceptors (Lipinski definition) is 6. The van der Waals surface area contributed by atoms with Crippen molar-refractivity contribution < 1.29 is 18.3 Å². The Morgan fingerprint density at radius 3 is 2.26 bits per heavy atom. The van der Waals surface area contributed by atoms with Crippen LogP contribution in [0.5, 0.6) is 11.5 Å². The van der Waals surface area contributed by atoms with Gasteiger partial charge in [0.05, 0.1) is 23.7 Å². The van der Waals surface area contributed by atoms with Crippen LogP contribution in [-0.2, 0) is 13.7 Å². The van der Waals surface area contributed by atoms with Crippen molar-refractivity contribution in [3.8, 4) is 34.4 Å². The lowest BCUT2D eigenvalue weighted by Crippen LogP contribution is -2.38. The minimum absolute atomic E-state index is 0.0301. The summed E-state index contributed by atoms with van der Waals surface area (Å²) in [6.07, 6.45) is 1.30. The highest BCUT2D eigenvalue weighted by Gasteiger charge is 2.21. The predicted octanol–water partition coefficient (Wildman–Crippen LogP) is 4.49. The van der Waals surface area contributed by atoms with Gasteiger partial charge in [0.25, 0.3) is 5.56 Å². The molecule has 0 fully saturated rings. The van der Waals surface area contributed by atoms with E-state index in [9.17, 15) is 23.6 Å². The van der Waals surface area contributed by atoms with Crippen molar-refractivity contribution in [2.45, 2.75) is 6.61 Å². The van der Waals surface area contributed by atoms with E-state index in [2.05, 4.69) is 11.1 Å². The topological polar surface area (TPSA) is 99.1 Å². The van der Waals surface area contributed by atoms with Gasteiger partial charge in [-0.15, -0.1) is 0 Å². The monoisotopic (exact) mass is 526 g/mol. The first-order chi connectivity index (χ1) is 18.8. The van der Waals surface area contributed by atoms with Crippen molar-refractivity contribution in [1.29, 1.82) is 5.26 Å². The van der Waals surface area contributed by atoms with Gasteiger partial charge in [-0.1, -0.05) is 18.2 Å². The van der Waals surface area contributed by atoms with E-state index in [1.807, 2.05) is 0 Å². The molecule has 194 valence electrons. The van der Waals surface area contributed by atoms with Crippen LogP contribution in [0.2, 0.25) is 0 Å². The van der Waals surface area contributed by atoms with E-state index in [0.717, 1.165) is 22.3 Å². The van der Waals surface area contributed by atoms with Crippen LogP contribution in [0.3, 0.4) is 0 Å². The van der Waals surface area contributed by atoms with Gasteiger partial charge in [-0.2, -0.15) is 5.26 Å². The van der Waals surface area contributed by atoms with Crippen LogP contribution in [0.4, 0.5) is 8.78 Å². The summed E-state index contributed by atoms with van der Waals surface area (Å²) in [6.45, 7) is 0.155. The van der Waals surface area contributed by atoms with Gasteiger partial charge in [0, 0.05) is 18.8 Å². The van der Waals surface area contributed by atoms with Gasteiger partial charge in [0.1, 0.15) is 30.0 Å². The Morgan fingerprint density at radius 2 is 1.62 bits per heavy atom. The lowest BCUT2D eigenvalue weighted by molar-refractivity contribution is 0.284. The summed E-state index contributed by atoms with van der Waals surface area (Å²) >= 11 is 0. The molecule has 0 aliphatic rings. The lowest BCUT2D eigenvalue weighted by Gasteiger charge is -2.16. The molecule has 0 aliphatic heterocycles. The third-order valence-corrected chi connectivity index (χ3v) is 6.24. The molecule has 5 rings (SSSR count). The summed E-state index contributed by atoms with van der Waals surface area (Å²) in [6, 6.07) is 17.8. The fourth-order valence-electron chi connectivity index (χ4n) is 4.28. The molecule has 0 aliphatic carbocycles. The summed E-state index contributed by atoms with van der Waals surface area (Å²) in [5, 5.41) is 9.92. The van der Waals surface area contributed by atoms with Crippen molar-refractivity contribution >= 4 is 11.0 Å². The molecule has 8 nitrogen and oxygen atoms in total. The average molecular weight is 526 g/mol. The van der Waals surface area contributed by atoms with E-state index in [0.29, 0.717) is 17.1 Å². The molecule has 39 heavy (non-hydrogen) atoms. The van der Waals surface area contributed by atoms with E-state index in [1.54, 1.807) is 30.3 Å². The van der Waals surface area contributed by atoms with E-state index >= 15 is 0 Å². The molecule has 0 bridgehead atoms. The van der Waals surface area contributed by atoms with Crippen molar-refractivity contribution in [3.05, 3.63) is 117 Å². The van der Waals surface area contributed by atoms with Gasteiger partial charge in [0.2, 0.25) is 0 Å². The maximum absolute atomic E-state index is 13.8. The zero-order valence-corrected chi connectivity index (χ0v) is 20.8. The summed E-state index contributed by atoms with van der Waals surface area (Å²) in [5.41, 5.74) is 0.405. The Labute approximate surface area is 220 Å². The van der Waals surface area contributed by atoms with E-state index < -0.39 is 17.1 Å². The molecule has 2 heterocycles. The van der Waals surface area contributed by atoms with Crippen molar-refractivity contribution in [1.82, 2.24) is 14.1 Å². The Kier molecular flexibility index (Phi) is 6.64. The second kappa shape index (κ2) is 10.2. The SMILES string of the molecule is COc1cc(-c2c(C#N)cnc3c2c(=O)n(-c2ccc(F)cc2)c(=O)n3C)ccc1OCc1ccc(F)cc1. The fourth-order valence-corrected chi connectivity index (χ4v) is 4.28. The molecule has 2 aromatic heterocycles. The second-order valence-electron chi connectivity index (χ2n) is 8.60. The van der Waals surface area contributed by atoms with E-state index in [4.69, 9.17) is 9.47 Å². The Balaban J connectivity index is 1.69. The summed E-state index contributed by atoms with van der Waals surface area (Å²) in [4.78, 5) is 31.1. The molecule has 0 radical (unpaired) electrons. The minimum Gasteiger partial charge on any atom is -0.493 e. The Morgan fingerprint density at radius 1 is 0.949 bits per heavy atom. The zero-order valence-electron chi connectivity index (χ0n) is 20.8. The van der Waals surface area contributed by atoms with Gasteiger partial charge in [-0.3, -0.25) is 9.36 Å². The number of hydrogen-bond donors (Lipinski definition) is 0. The number of ether oxygens (including phenoxy) is 2. The van der Waals surface area contributed by atoms with E-state index in [-0.39, 0.29) is 40.3 Å². The fraction of sp³-hybridized carbons (Fsp3) is 0.103. The number of rotatable bonds is 6. The maximum atomic E-state index is 13.8. The van der Waals surface area contributed by atoms with Crippen LogP contribution >= 0.6 is 0 Å². The zero-order chi connectivity index (χ0) is 27.7. The van der Waals surface area contributed by atoms with Crippen LogP contribution in [-0.4, -0.2) is 21.2 Å². The smallest absolute Gasteiger partial charge is 0.337 e. The number of nitrogens with zero attached hydrogens (tertiary/aromatic N) is 4. The average Bonchev–Trinajstić information content (AvgIpc) is 2.96. The van der Waals surface area contributed by atoms with Crippen LogP contribution in [0, 0.1) is 23.0 Å². The van der Waals surface area contributed by atoms with Crippen LogP contribution in [0.25, 0.3) is 27.8 Å². The molecule has 0 saturated carbocycles. The molecule has 10 heteroatoms. The molecule has 0 spiro atoms. The number of halogens is 2. The third-order valence-electron chi connectivity index (χ3n) is 6.24. The maximum Gasteiger partial charge on any atom is 0.337 e. The number of benzene rings is 3. The number of pyridine rings is 1. The van der Waals surface area contributed by atoms with Gasteiger partial charge < -0.3 is 9.47 Å². The van der Waals surface area contributed by atoms with Crippen LogP contribution in [0.1, 0.15) is 11.1 Å². The normalized spacial score (nSPS) is 10.8. The molecular weight excluding hydrogens is 506 g/mol. The number of fused-ring (bicyclic) bond motifs is 1. The highest BCUT2D eigenvalue weighted by molar-refractivity contribution is 5.95. The first-order valence-corrected chi connectivity index (χ1v) is 11.7. The minimum atomic E-state index is -0.713. The Hall–Kier alpha value is -5.30. The Bertz CT molecular complexity index is 1870.